The molecule has 0 spiro atoms. The van der Waals surface area contributed by atoms with Gasteiger partial charge in [-0.2, -0.15) is 0 Å². The third kappa shape index (κ3) is 3.72. The standard InChI is InChI=1S/C15H19FN2O4/c1-10(19)17(2)12-4-6-13(7-5-12)22-15-9-11(16)3-8-14(15)18(20)21/h3,8-9,12-13H,4-7H2,1-2H3. The van der Waals surface area contributed by atoms with Crippen LogP contribution in [-0.2, 0) is 4.79 Å². The van der Waals surface area contributed by atoms with E-state index in [0.717, 1.165) is 31.0 Å². The van der Waals surface area contributed by atoms with E-state index in [9.17, 15) is 19.3 Å². The van der Waals surface area contributed by atoms with Crippen molar-refractivity contribution in [3.63, 3.8) is 0 Å². The van der Waals surface area contributed by atoms with Gasteiger partial charge in [0.25, 0.3) is 0 Å². The summed E-state index contributed by atoms with van der Waals surface area (Å²) >= 11 is 0. The average Bonchev–Trinajstić information content (AvgIpc) is 2.47. The Morgan fingerprint density at radius 3 is 2.55 bits per heavy atom. The Hall–Kier alpha value is -2.18. The monoisotopic (exact) mass is 310 g/mol. The van der Waals surface area contributed by atoms with Crippen LogP contribution >= 0.6 is 0 Å². The maximum atomic E-state index is 13.3. The molecule has 1 aliphatic rings. The van der Waals surface area contributed by atoms with Gasteiger partial charge in [-0.15, -0.1) is 0 Å². The topological polar surface area (TPSA) is 72.7 Å². The highest BCUT2D eigenvalue weighted by Gasteiger charge is 2.28. The molecule has 7 heteroatoms. The van der Waals surface area contributed by atoms with E-state index in [4.69, 9.17) is 4.74 Å². The quantitative estimate of drug-likeness (QED) is 0.633. The molecule has 22 heavy (non-hydrogen) atoms. The van der Waals surface area contributed by atoms with Crippen LogP contribution in [0.2, 0.25) is 0 Å². The van der Waals surface area contributed by atoms with Gasteiger partial charge < -0.3 is 9.64 Å². The number of nitro groups is 1. The molecule has 0 saturated heterocycles. The maximum absolute atomic E-state index is 13.3. The Bertz CT molecular complexity index is 571. The molecule has 6 nitrogen and oxygen atoms in total. The SMILES string of the molecule is CC(=O)N(C)C1CCC(Oc2cc(F)ccc2[N+](=O)[O-])CC1. The summed E-state index contributed by atoms with van der Waals surface area (Å²) in [7, 11) is 1.77. The summed E-state index contributed by atoms with van der Waals surface area (Å²) in [5.74, 6) is -0.580. The zero-order chi connectivity index (χ0) is 16.3. The van der Waals surface area contributed by atoms with Crippen molar-refractivity contribution in [1.29, 1.82) is 0 Å². The molecule has 0 atom stereocenters. The first-order chi connectivity index (χ1) is 10.4. The molecular weight excluding hydrogens is 291 g/mol. The Balaban J connectivity index is 2.01. The molecule has 1 aromatic rings. The number of benzene rings is 1. The Morgan fingerprint density at radius 2 is 2.00 bits per heavy atom. The average molecular weight is 310 g/mol. The molecule has 1 aromatic carbocycles. The van der Waals surface area contributed by atoms with E-state index in [1.165, 1.54) is 6.92 Å². The molecule has 0 radical (unpaired) electrons. The van der Waals surface area contributed by atoms with Gasteiger partial charge in [-0.25, -0.2) is 4.39 Å². The third-order valence-electron chi connectivity index (χ3n) is 4.10. The van der Waals surface area contributed by atoms with Gasteiger partial charge in [0.05, 0.1) is 11.0 Å². The first kappa shape index (κ1) is 16.2. The highest BCUT2D eigenvalue weighted by molar-refractivity contribution is 5.73. The van der Waals surface area contributed by atoms with Gasteiger partial charge in [0, 0.05) is 32.1 Å². The van der Waals surface area contributed by atoms with Gasteiger partial charge >= 0.3 is 5.69 Å². The molecule has 2 rings (SSSR count). The van der Waals surface area contributed by atoms with Crippen molar-refractivity contribution in [1.82, 2.24) is 4.90 Å². The highest BCUT2D eigenvalue weighted by atomic mass is 19.1. The van der Waals surface area contributed by atoms with E-state index in [1.54, 1.807) is 11.9 Å². The fraction of sp³-hybridized carbons (Fsp3) is 0.533. The van der Waals surface area contributed by atoms with Crippen LogP contribution in [0.1, 0.15) is 32.6 Å². The van der Waals surface area contributed by atoms with Crippen LogP contribution < -0.4 is 4.74 Å². The molecule has 0 heterocycles. The molecule has 0 N–H and O–H groups in total. The third-order valence-corrected chi connectivity index (χ3v) is 4.10. The van der Waals surface area contributed by atoms with Crippen LogP contribution in [0.15, 0.2) is 18.2 Å². The second-order valence-electron chi connectivity index (χ2n) is 5.55. The van der Waals surface area contributed by atoms with Gasteiger partial charge in [0.1, 0.15) is 5.82 Å². The second kappa shape index (κ2) is 6.72. The van der Waals surface area contributed by atoms with Crippen LogP contribution in [0.4, 0.5) is 10.1 Å². The minimum Gasteiger partial charge on any atom is -0.483 e. The summed E-state index contributed by atoms with van der Waals surface area (Å²) < 4.78 is 18.9. The summed E-state index contributed by atoms with van der Waals surface area (Å²) in [6.45, 7) is 1.53. The molecule has 1 saturated carbocycles. The number of rotatable bonds is 4. The number of ether oxygens (including phenoxy) is 1. The largest absolute Gasteiger partial charge is 0.483 e. The summed E-state index contributed by atoms with van der Waals surface area (Å²) in [5, 5.41) is 11.0. The van der Waals surface area contributed by atoms with E-state index < -0.39 is 10.7 Å². The van der Waals surface area contributed by atoms with Crippen molar-refractivity contribution in [2.24, 2.45) is 0 Å². The zero-order valence-electron chi connectivity index (χ0n) is 12.6. The van der Waals surface area contributed by atoms with Gasteiger partial charge in [-0.3, -0.25) is 14.9 Å². The van der Waals surface area contributed by atoms with Crippen LogP contribution in [0.25, 0.3) is 0 Å². The van der Waals surface area contributed by atoms with Crippen LogP contribution in [0.3, 0.4) is 0 Å². The molecule has 0 aliphatic heterocycles. The predicted molar refractivity (Wildman–Crippen MR) is 78.2 cm³/mol. The summed E-state index contributed by atoms with van der Waals surface area (Å²) in [6.07, 6.45) is 2.69. The lowest BCUT2D eigenvalue weighted by Crippen LogP contribution is -2.40. The lowest BCUT2D eigenvalue weighted by atomic mass is 9.92. The number of halogens is 1. The normalized spacial score (nSPS) is 21.2. The van der Waals surface area contributed by atoms with E-state index in [1.807, 2.05) is 0 Å². The van der Waals surface area contributed by atoms with E-state index in [0.29, 0.717) is 12.8 Å². The summed E-state index contributed by atoms with van der Waals surface area (Å²) in [6, 6.07) is 3.37. The first-order valence-corrected chi connectivity index (χ1v) is 7.22. The maximum Gasteiger partial charge on any atom is 0.311 e. The Kier molecular flexibility index (Phi) is 4.95. The van der Waals surface area contributed by atoms with Gasteiger partial charge in [0.2, 0.25) is 5.91 Å². The predicted octanol–water partition coefficient (Wildman–Crippen LogP) is 2.90. The van der Waals surface area contributed by atoms with Crippen molar-refractivity contribution in [3.05, 3.63) is 34.1 Å². The van der Waals surface area contributed by atoms with Gasteiger partial charge in [-0.05, 0) is 31.7 Å². The molecular formula is C15H19FN2O4. The zero-order valence-corrected chi connectivity index (χ0v) is 12.6. The van der Waals surface area contributed by atoms with E-state index >= 15 is 0 Å². The van der Waals surface area contributed by atoms with E-state index in [2.05, 4.69) is 0 Å². The molecule has 0 bridgehead atoms. The van der Waals surface area contributed by atoms with E-state index in [-0.39, 0.29) is 29.5 Å². The second-order valence-corrected chi connectivity index (χ2v) is 5.55. The van der Waals surface area contributed by atoms with Crippen molar-refractivity contribution >= 4 is 11.6 Å². The van der Waals surface area contributed by atoms with Crippen molar-refractivity contribution in [2.75, 3.05) is 7.05 Å². The molecule has 1 fully saturated rings. The number of nitro benzene ring substituents is 1. The van der Waals surface area contributed by atoms with Crippen LogP contribution in [0.5, 0.6) is 5.75 Å². The minimum atomic E-state index is -0.579. The number of nitrogens with zero attached hydrogens (tertiary/aromatic N) is 2. The van der Waals surface area contributed by atoms with Crippen LogP contribution in [-0.4, -0.2) is 34.9 Å². The molecule has 1 amide bonds. The highest BCUT2D eigenvalue weighted by Crippen LogP contribution is 2.32. The molecule has 1 aliphatic carbocycles. The summed E-state index contributed by atoms with van der Waals surface area (Å²) in [5.41, 5.74) is -0.232. The lowest BCUT2D eigenvalue weighted by molar-refractivity contribution is -0.386. The fourth-order valence-electron chi connectivity index (χ4n) is 2.72. The van der Waals surface area contributed by atoms with Gasteiger partial charge in [0.15, 0.2) is 5.75 Å². The lowest BCUT2D eigenvalue weighted by Gasteiger charge is -2.34. The Morgan fingerprint density at radius 1 is 1.36 bits per heavy atom. The minimum absolute atomic E-state index is 0.0186. The summed E-state index contributed by atoms with van der Waals surface area (Å²) in [4.78, 5) is 23.4. The Labute approximate surface area is 128 Å². The number of amides is 1. The van der Waals surface area contributed by atoms with Crippen molar-refractivity contribution in [2.45, 2.75) is 44.8 Å². The number of hydrogen-bond donors (Lipinski definition) is 0. The first-order valence-electron chi connectivity index (χ1n) is 7.22. The molecule has 120 valence electrons. The van der Waals surface area contributed by atoms with Crippen LogP contribution in [0, 0.1) is 15.9 Å². The molecule has 0 unspecified atom stereocenters. The smallest absolute Gasteiger partial charge is 0.311 e. The number of carbonyl (C=O) groups excluding carboxylic acids is 1. The van der Waals surface area contributed by atoms with Crippen molar-refractivity contribution in [3.8, 4) is 5.75 Å². The number of carbonyl (C=O) groups is 1. The van der Waals surface area contributed by atoms with Gasteiger partial charge in [-0.1, -0.05) is 0 Å². The molecule has 0 aromatic heterocycles. The van der Waals surface area contributed by atoms with Crippen molar-refractivity contribution < 1.29 is 18.8 Å². The number of hydrogen-bond acceptors (Lipinski definition) is 4. The fourth-order valence-corrected chi connectivity index (χ4v) is 2.72.